The first-order chi connectivity index (χ1) is 11.8. The lowest BCUT2D eigenvalue weighted by Gasteiger charge is -2.30. The molecule has 1 fully saturated rings. The van der Waals surface area contributed by atoms with Crippen molar-refractivity contribution in [2.24, 2.45) is 5.92 Å². The Labute approximate surface area is 146 Å². The number of non-ortho nitro benzene ring substituents is 1. The molecule has 25 heavy (non-hydrogen) atoms. The zero-order valence-corrected chi connectivity index (χ0v) is 14.9. The maximum Gasteiger partial charge on any atom is 0.270 e. The van der Waals surface area contributed by atoms with E-state index in [0.29, 0.717) is 25.0 Å². The van der Waals surface area contributed by atoms with Gasteiger partial charge in [0.05, 0.1) is 16.4 Å². The fourth-order valence-corrected chi connectivity index (χ4v) is 4.42. The molecule has 1 heterocycles. The van der Waals surface area contributed by atoms with Crippen LogP contribution in [0, 0.1) is 23.0 Å². The van der Waals surface area contributed by atoms with Crippen LogP contribution >= 0.6 is 0 Å². The van der Waals surface area contributed by atoms with E-state index in [0.717, 1.165) is 6.07 Å². The number of nitro groups is 1. The van der Waals surface area contributed by atoms with E-state index < -0.39 is 14.9 Å². The zero-order valence-electron chi connectivity index (χ0n) is 14.1. The van der Waals surface area contributed by atoms with Gasteiger partial charge in [0.2, 0.25) is 15.9 Å². The molecule has 1 N–H and O–H groups in total. The van der Waals surface area contributed by atoms with Gasteiger partial charge in [-0.1, -0.05) is 6.07 Å². The summed E-state index contributed by atoms with van der Waals surface area (Å²) >= 11 is 0. The van der Waals surface area contributed by atoms with Crippen LogP contribution in [0.3, 0.4) is 0 Å². The van der Waals surface area contributed by atoms with Crippen LogP contribution in [0.15, 0.2) is 23.1 Å². The predicted octanol–water partition coefficient (Wildman–Crippen LogP) is 1.37. The number of carbonyl (C=O) groups excluding carboxylic acids is 1. The van der Waals surface area contributed by atoms with E-state index in [1.807, 2.05) is 0 Å². The molecule has 1 aliphatic heterocycles. The highest BCUT2D eigenvalue weighted by atomic mass is 32.2. The minimum Gasteiger partial charge on any atom is -0.274 e. The topological polar surface area (TPSA) is 119 Å². The van der Waals surface area contributed by atoms with Crippen molar-refractivity contribution in [2.45, 2.75) is 31.6 Å². The molecular weight excluding hydrogens is 350 g/mol. The van der Waals surface area contributed by atoms with Crippen molar-refractivity contribution in [1.82, 2.24) is 9.79 Å². The Hall–Kier alpha value is -2.04. The lowest BCUT2D eigenvalue weighted by Crippen LogP contribution is -2.43. The number of carbonyl (C=O) groups is 1. The minimum atomic E-state index is -3.85. The van der Waals surface area contributed by atoms with E-state index in [1.54, 1.807) is 13.8 Å². The average Bonchev–Trinajstić information content (AvgIpc) is 2.59. The van der Waals surface area contributed by atoms with E-state index in [4.69, 9.17) is 4.84 Å². The third-order valence-electron chi connectivity index (χ3n) is 4.14. The highest BCUT2D eigenvalue weighted by molar-refractivity contribution is 7.89. The number of hydrogen-bond acceptors (Lipinski definition) is 6. The molecule has 1 aromatic carbocycles. The minimum absolute atomic E-state index is 0.0704. The van der Waals surface area contributed by atoms with Gasteiger partial charge in [-0.2, -0.15) is 4.31 Å². The number of aryl methyl sites for hydroxylation is 1. The second-order valence-electron chi connectivity index (χ2n) is 5.78. The van der Waals surface area contributed by atoms with Gasteiger partial charge in [0.1, 0.15) is 0 Å². The molecule has 0 spiro atoms. The van der Waals surface area contributed by atoms with Crippen molar-refractivity contribution in [3.05, 3.63) is 33.9 Å². The molecule has 1 saturated heterocycles. The number of nitrogens with one attached hydrogen (secondary N) is 1. The largest absolute Gasteiger partial charge is 0.274 e. The summed E-state index contributed by atoms with van der Waals surface area (Å²) in [5.74, 6) is -0.574. The average molecular weight is 371 g/mol. The van der Waals surface area contributed by atoms with Crippen molar-refractivity contribution in [3.8, 4) is 0 Å². The number of nitrogens with zero attached hydrogens (tertiary/aromatic N) is 2. The summed E-state index contributed by atoms with van der Waals surface area (Å²) in [7, 11) is -3.85. The summed E-state index contributed by atoms with van der Waals surface area (Å²) < 4.78 is 26.9. The normalized spacial score (nSPS) is 16.6. The molecule has 138 valence electrons. The Kier molecular flexibility index (Phi) is 6.09. The first-order valence-corrected chi connectivity index (χ1v) is 9.38. The van der Waals surface area contributed by atoms with Crippen LogP contribution in [-0.2, 0) is 19.7 Å². The Morgan fingerprint density at radius 3 is 2.60 bits per heavy atom. The number of benzene rings is 1. The summed E-state index contributed by atoms with van der Waals surface area (Å²) in [6.45, 7) is 4.05. The Morgan fingerprint density at radius 2 is 2.04 bits per heavy atom. The monoisotopic (exact) mass is 371 g/mol. The molecule has 0 unspecified atom stereocenters. The molecule has 0 atom stereocenters. The fraction of sp³-hybridized carbons (Fsp3) is 0.533. The molecule has 0 aliphatic carbocycles. The number of amides is 1. The van der Waals surface area contributed by atoms with Crippen LogP contribution < -0.4 is 5.48 Å². The number of hydrogen-bond donors (Lipinski definition) is 1. The van der Waals surface area contributed by atoms with Gasteiger partial charge in [-0.05, 0) is 32.3 Å². The Bertz CT molecular complexity index is 757. The number of rotatable bonds is 6. The number of nitro benzene ring substituents is 1. The molecule has 1 amide bonds. The summed E-state index contributed by atoms with van der Waals surface area (Å²) in [6, 6.07) is 3.78. The van der Waals surface area contributed by atoms with Gasteiger partial charge < -0.3 is 0 Å². The van der Waals surface area contributed by atoms with Crippen LogP contribution in [0.4, 0.5) is 5.69 Å². The fourth-order valence-electron chi connectivity index (χ4n) is 2.70. The smallest absolute Gasteiger partial charge is 0.270 e. The van der Waals surface area contributed by atoms with Gasteiger partial charge in [0.15, 0.2) is 0 Å². The molecule has 0 saturated carbocycles. The first-order valence-electron chi connectivity index (χ1n) is 7.94. The van der Waals surface area contributed by atoms with Crippen molar-refractivity contribution < 1.29 is 23.0 Å². The van der Waals surface area contributed by atoms with Gasteiger partial charge in [-0.3, -0.25) is 19.7 Å². The van der Waals surface area contributed by atoms with E-state index >= 15 is 0 Å². The SMILES string of the molecule is CCONC(=O)C1CCN(S(=O)(=O)c2cc([N+](=O)[O-])ccc2C)CC1. The van der Waals surface area contributed by atoms with Crippen molar-refractivity contribution in [3.63, 3.8) is 0 Å². The molecule has 1 aromatic rings. The van der Waals surface area contributed by atoms with Gasteiger partial charge in [0.25, 0.3) is 5.69 Å². The van der Waals surface area contributed by atoms with Gasteiger partial charge in [-0.15, -0.1) is 0 Å². The summed E-state index contributed by atoms with van der Waals surface area (Å²) in [4.78, 5) is 27.0. The summed E-state index contributed by atoms with van der Waals surface area (Å²) in [5, 5.41) is 10.9. The Balaban J connectivity index is 2.13. The zero-order chi connectivity index (χ0) is 18.6. The third-order valence-corrected chi connectivity index (χ3v) is 6.18. The molecular formula is C15H21N3O6S. The van der Waals surface area contributed by atoms with Gasteiger partial charge in [-0.25, -0.2) is 13.9 Å². The van der Waals surface area contributed by atoms with E-state index in [-0.39, 0.29) is 35.5 Å². The second-order valence-corrected chi connectivity index (χ2v) is 7.69. The van der Waals surface area contributed by atoms with Crippen molar-refractivity contribution in [2.75, 3.05) is 19.7 Å². The lowest BCUT2D eigenvalue weighted by molar-refractivity contribution is -0.385. The lowest BCUT2D eigenvalue weighted by atomic mass is 9.98. The maximum absolute atomic E-state index is 12.8. The number of hydroxylamine groups is 1. The summed E-state index contributed by atoms with van der Waals surface area (Å²) in [6.07, 6.45) is 0.734. The van der Waals surface area contributed by atoms with Gasteiger partial charge in [0, 0.05) is 31.1 Å². The molecule has 9 nitrogen and oxygen atoms in total. The molecule has 0 bridgehead atoms. The highest BCUT2D eigenvalue weighted by Crippen LogP contribution is 2.28. The highest BCUT2D eigenvalue weighted by Gasteiger charge is 2.33. The molecule has 1 aliphatic rings. The van der Waals surface area contributed by atoms with E-state index in [9.17, 15) is 23.3 Å². The molecule has 2 rings (SSSR count). The number of sulfonamides is 1. The number of piperidine rings is 1. The summed E-state index contributed by atoms with van der Waals surface area (Å²) in [5.41, 5.74) is 2.51. The van der Waals surface area contributed by atoms with E-state index in [2.05, 4.69) is 5.48 Å². The van der Waals surface area contributed by atoms with Crippen LogP contribution in [0.2, 0.25) is 0 Å². The third kappa shape index (κ3) is 4.33. The Morgan fingerprint density at radius 1 is 1.40 bits per heavy atom. The standard InChI is InChI=1S/C15H21N3O6S/c1-3-24-16-15(19)12-6-8-17(9-7-12)25(22,23)14-10-13(18(20)21)5-4-11(14)2/h4-5,10,12H,3,6-9H2,1-2H3,(H,16,19). The van der Waals surface area contributed by atoms with Gasteiger partial charge >= 0.3 is 0 Å². The van der Waals surface area contributed by atoms with E-state index in [1.165, 1.54) is 16.4 Å². The second kappa shape index (κ2) is 7.89. The van der Waals surface area contributed by atoms with Crippen LogP contribution in [0.25, 0.3) is 0 Å². The molecule has 0 radical (unpaired) electrons. The first kappa shape index (κ1) is 19.3. The molecule has 10 heteroatoms. The predicted molar refractivity (Wildman–Crippen MR) is 89.1 cm³/mol. The quantitative estimate of drug-likeness (QED) is 0.596. The molecule has 0 aromatic heterocycles. The van der Waals surface area contributed by atoms with Crippen LogP contribution in [0.5, 0.6) is 0 Å². The van der Waals surface area contributed by atoms with Crippen LogP contribution in [-0.4, -0.2) is 43.2 Å². The van der Waals surface area contributed by atoms with Crippen LogP contribution in [0.1, 0.15) is 25.3 Å². The van der Waals surface area contributed by atoms with Crippen molar-refractivity contribution >= 4 is 21.6 Å². The van der Waals surface area contributed by atoms with Crippen molar-refractivity contribution in [1.29, 1.82) is 0 Å². The maximum atomic E-state index is 12.8.